The lowest BCUT2D eigenvalue weighted by molar-refractivity contribution is 0.102. The molecule has 2 N–H and O–H groups in total. The fourth-order valence-corrected chi connectivity index (χ4v) is 3.78. The van der Waals surface area contributed by atoms with Crippen LogP contribution >= 0.6 is 0 Å². The second-order valence-corrected chi connectivity index (χ2v) is 7.73. The topological polar surface area (TPSA) is 84.5 Å². The van der Waals surface area contributed by atoms with Crippen molar-refractivity contribution in [2.45, 2.75) is 11.4 Å². The highest BCUT2D eigenvalue weighted by Gasteiger charge is 2.18. The zero-order chi connectivity index (χ0) is 20.0. The summed E-state index contributed by atoms with van der Waals surface area (Å²) in [6.45, 7) is 0.0982. The number of carbonyl (C=O) groups is 1. The molecular formula is C21H20N2O4S. The summed E-state index contributed by atoms with van der Waals surface area (Å²) in [4.78, 5) is 12.3. The monoisotopic (exact) mass is 396 g/mol. The molecular weight excluding hydrogens is 376 g/mol. The van der Waals surface area contributed by atoms with Crippen LogP contribution in [0.3, 0.4) is 0 Å². The number of para-hydroxylation sites is 2. The molecule has 0 heterocycles. The van der Waals surface area contributed by atoms with Gasteiger partial charge in [-0.05, 0) is 42.0 Å². The van der Waals surface area contributed by atoms with Gasteiger partial charge in [-0.3, -0.25) is 4.79 Å². The SMILES string of the molecule is COc1ccccc1S(=O)(=O)NCc1ccc(C(=O)Nc2ccccc2)cc1. The quantitative estimate of drug-likeness (QED) is 0.641. The summed E-state index contributed by atoms with van der Waals surface area (Å²) in [6, 6.07) is 22.3. The summed E-state index contributed by atoms with van der Waals surface area (Å²) in [7, 11) is -2.30. The van der Waals surface area contributed by atoms with Crippen LogP contribution in [0.4, 0.5) is 5.69 Å². The van der Waals surface area contributed by atoms with Gasteiger partial charge in [0.1, 0.15) is 10.6 Å². The van der Waals surface area contributed by atoms with Gasteiger partial charge in [-0.25, -0.2) is 13.1 Å². The Morgan fingerprint density at radius 1 is 0.893 bits per heavy atom. The van der Waals surface area contributed by atoms with Crippen LogP contribution in [-0.4, -0.2) is 21.4 Å². The van der Waals surface area contributed by atoms with Crippen molar-refractivity contribution in [1.29, 1.82) is 0 Å². The third-order valence-electron chi connectivity index (χ3n) is 4.07. The van der Waals surface area contributed by atoms with E-state index in [0.717, 1.165) is 5.56 Å². The number of benzene rings is 3. The molecule has 28 heavy (non-hydrogen) atoms. The molecule has 3 aromatic rings. The molecule has 0 fully saturated rings. The van der Waals surface area contributed by atoms with E-state index in [1.807, 2.05) is 18.2 Å². The van der Waals surface area contributed by atoms with E-state index in [-0.39, 0.29) is 23.1 Å². The first-order valence-electron chi connectivity index (χ1n) is 8.57. The van der Waals surface area contributed by atoms with E-state index in [1.165, 1.54) is 13.2 Å². The van der Waals surface area contributed by atoms with E-state index in [4.69, 9.17) is 4.74 Å². The van der Waals surface area contributed by atoms with E-state index in [1.54, 1.807) is 54.6 Å². The number of rotatable bonds is 7. The average Bonchev–Trinajstić information content (AvgIpc) is 2.73. The normalized spacial score (nSPS) is 11.0. The predicted molar refractivity (Wildman–Crippen MR) is 108 cm³/mol. The number of methoxy groups -OCH3 is 1. The maximum Gasteiger partial charge on any atom is 0.255 e. The summed E-state index contributed by atoms with van der Waals surface area (Å²) in [5.41, 5.74) is 1.93. The molecule has 0 saturated carbocycles. The minimum Gasteiger partial charge on any atom is -0.495 e. The highest BCUT2D eigenvalue weighted by molar-refractivity contribution is 7.89. The van der Waals surface area contributed by atoms with Crippen molar-refractivity contribution in [1.82, 2.24) is 4.72 Å². The molecule has 0 radical (unpaired) electrons. The standard InChI is InChI=1S/C21H20N2O4S/c1-27-19-9-5-6-10-20(19)28(25,26)22-15-16-11-13-17(14-12-16)21(24)23-18-7-3-2-4-8-18/h2-14,22H,15H2,1H3,(H,23,24). The van der Waals surface area contributed by atoms with Crippen LogP contribution in [0.15, 0.2) is 83.8 Å². The highest BCUT2D eigenvalue weighted by Crippen LogP contribution is 2.22. The van der Waals surface area contributed by atoms with Crippen LogP contribution in [0.25, 0.3) is 0 Å². The van der Waals surface area contributed by atoms with Crippen molar-refractivity contribution >= 4 is 21.6 Å². The van der Waals surface area contributed by atoms with Gasteiger partial charge >= 0.3 is 0 Å². The third-order valence-corrected chi connectivity index (χ3v) is 5.51. The average molecular weight is 396 g/mol. The summed E-state index contributed by atoms with van der Waals surface area (Å²) in [5, 5.41) is 2.80. The van der Waals surface area contributed by atoms with Crippen molar-refractivity contribution in [2.24, 2.45) is 0 Å². The van der Waals surface area contributed by atoms with Gasteiger partial charge < -0.3 is 10.1 Å². The van der Waals surface area contributed by atoms with E-state index in [9.17, 15) is 13.2 Å². The zero-order valence-electron chi connectivity index (χ0n) is 15.3. The molecule has 144 valence electrons. The number of hydrogen-bond donors (Lipinski definition) is 2. The van der Waals surface area contributed by atoms with Crippen molar-refractivity contribution in [3.63, 3.8) is 0 Å². The van der Waals surface area contributed by atoms with Gasteiger partial charge in [0.05, 0.1) is 7.11 Å². The Bertz CT molecular complexity index is 1050. The summed E-state index contributed by atoms with van der Waals surface area (Å²) in [6.07, 6.45) is 0. The Kier molecular flexibility index (Phi) is 6.08. The first-order chi connectivity index (χ1) is 13.5. The number of nitrogens with one attached hydrogen (secondary N) is 2. The largest absolute Gasteiger partial charge is 0.495 e. The van der Waals surface area contributed by atoms with E-state index in [2.05, 4.69) is 10.0 Å². The molecule has 0 aliphatic rings. The van der Waals surface area contributed by atoms with Gasteiger partial charge in [0.2, 0.25) is 10.0 Å². The lowest BCUT2D eigenvalue weighted by atomic mass is 10.1. The molecule has 0 aliphatic heterocycles. The van der Waals surface area contributed by atoms with Crippen molar-refractivity contribution in [2.75, 3.05) is 12.4 Å². The van der Waals surface area contributed by atoms with Gasteiger partial charge in [-0.1, -0.05) is 42.5 Å². The number of amides is 1. The molecule has 1 amide bonds. The summed E-state index contributed by atoms with van der Waals surface area (Å²) < 4.78 is 32.7. The molecule has 0 bridgehead atoms. The number of sulfonamides is 1. The Morgan fingerprint density at radius 3 is 2.21 bits per heavy atom. The van der Waals surface area contributed by atoms with Crippen LogP contribution in [-0.2, 0) is 16.6 Å². The Morgan fingerprint density at radius 2 is 1.54 bits per heavy atom. The maximum atomic E-state index is 12.5. The second-order valence-electron chi connectivity index (χ2n) is 5.99. The summed E-state index contributed by atoms with van der Waals surface area (Å²) >= 11 is 0. The number of ether oxygens (including phenoxy) is 1. The van der Waals surface area contributed by atoms with E-state index >= 15 is 0 Å². The van der Waals surface area contributed by atoms with Crippen molar-refractivity contribution < 1.29 is 17.9 Å². The second kappa shape index (κ2) is 8.69. The Labute approximate surface area is 164 Å². The lowest BCUT2D eigenvalue weighted by Gasteiger charge is -2.11. The molecule has 0 atom stereocenters. The Hall–Kier alpha value is -3.16. The molecule has 0 spiro atoms. The molecule has 0 saturated heterocycles. The number of anilines is 1. The van der Waals surface area contributed by atoms with Gasteiger partial charge in [0.15, 0.2) is 0 Å². The van der Waals surface area contributed by atoms with Crippen LogP contribution < -0.4 is 14.8 Å². The predicted octanol–water partition coefficient (Wildman–Crippen LogP) is 3.43. The van der Waals surface area contributed by atoms with Crippen LogP contribution in [0, 0.1) is 0 Å². The van der Waals surface area contributed by atoms with Gasteiger partial charge in [-0.2, -0.15) is 0 Å². The molecule has 0 unspecified atom stereocenters. The van der Waals surface area contributed by atoms with E-state index < -0.39 is 10.0 Å². The maximum absolute atomic E-state index is 12.5. The van der Waals surface area contributed by atoms with Gasteiger partial charge in [0, 0.05) is 17.8 Å². The lowest BCUT2D eigenvalue weighted by Crippen LogP contribution is -2.23. The minimum atomic E-state index is -3.72. The fourth-order valence-electron chi connectivity index (χ4n) is 2.60. The third kappa shape index (κ3) is 4.76. The molecule has 6 nitrogen and oxygen atoms in total. The van der Waals surface area contributed by atoms with Gasteiger partial charge in [0.25, 0.3) is 5.91 Å². The molecule has 0 aliphatic carbocycles. The van der Waals surface area contributed by atoms with Crippen molar-refractivity contribution in [3.8, 4) is 5.75 Å². The highest BCUT2D eigenvalue weighted by atomic mass is 32.2. The number of hydrogen-bond acceptors (Lipinski definition) is 4. The van der Waals surface area contributed by atoms with Gasteiger partial charge in [-0.15, -0.1) is 0 Å². The van der Waals surface area contributed by atoms with Crippen LogP contribution in [0.2, 0.25) is 0 Å². The molecule has 7 heteroatoms. The Balaban J connectivity index is 1.65. The van der Waals surface area contributed by atoms with Crippen LogP contribution in [0.1, 0.15) is 15.9 Å². The van der Waals surface area contributed by atoms with Crippen LogP contribution in [0.5, 0.6) is 5.75 Å². The molecule has 3 aromatic carbocycles. The van der Waals surface area contributed by atoms with Crippen molar-refractivity contribution in [3.05, 3.63) is 90.0 Å². The zero-order valence-corrected chi connectivity index (χ0v) is 16.1. The molecule has 0 aromatic heterocycles. The first kappa shape index (κ1) is 19.6. The first-order valence-corrected chi connectivity index (χ1v) is 10.1. The van der Waals surface area contributed by atoms with E-state index in [0.29, 0.717) is 11.3 Å². The molecule has 3 rings (SSSR count). The minimum absolute atomic E-state index is 0.0800. The smallest absolute Gasteiger partial charge is 0.255 e. The number of carbonyl (C=O) groups excluding carboxylic acids is 1. The summed E-state index contributed by atoms with van der Waals surface area (Å²) in [5.74, 6) is 0.0512. The fraction of sp³-hybridized carbons (Fsp3) is 0.0952.